The van der Waals surface area contributed by atoms with Gasteiger partial charge < -0.3 is 14.9 Å². The molecule has 3 amide bonds. The predicted octanol–water partition coefficient (Wildman–Crippen LogP) is 1.45. The van der Waals surface area contributed by atoms with Crippen LogP contribution in [0, 0.1) is 6.92 Å². The molecule has 3 aliphatic rings. The number of hydrogen-bond acceptors (Lipinski definition) is 5. The number of aliphatic hydroxyl groups excluding tert-OH is 1. The topological polar surface area (TPSA) is 64.1 Å². The van der Waals surface area contributed by atoms with E-state index < -0.39 is 12.1 Å². The van der Waals surface area contributed by atoms with Crippen LogP contribution in [-0.4, -0.2) is 65.2 Å². The number of carbonyl (C=O) groups excluding carboxylic acids is 2. The molecular weight excluding hydrogens is 326 g/mol. The van der Waals surface area contributed by atoms with Crippen LogP contribution in [0.3, 0.4) is 0 Å². The first-order valence-electron chi connectivity index (χ1n) is 8.32. The number of hydrogen-bond donors (Lipinski definition) is 1. The van der Waals surface area contributed by atoms with E-state index in [0.717, 1.165) is 35.8 Å². The number of aryl methyl sites for hydroxylation is 1. The molecule has 4 rings (SSSR count). The number of aliphatic hydroxyl groups is 1. The smallest absolute Gasteiger partial charge is 0.332 e. The summed E-state index contributed by atoms with van der Waals surface area (Å²) in [6, 6.07) is 5.11. The van der Waals surface area contributed by atoms with Crippen molar-refractivity contribution in [1.29, 1.82) is 0 Å². The van der Waals surface area contributed by atoms with Gasteiger partial charge in [0.25, 0.3) is 5.91 Å². The normalized spacial score (nSPS) is 27.2. The van der Waals surface area contributed by atoms with Crippen LogP contribution in [0.5, 0.6) is 0 Å². The van der Waals surface area contributed by atoms with Gasteiger partial charge in [-0.3, -0.25) is 4.79 Å². The number of benzene rings is 1. The molecule has 1 N–H and O–H groups in total. The fraction of sp³-hybridized carbons (Fsp3) is 0.529. The molecule has 128 valence electrons. The number of amides is 3. The van der Waals surface area contributed by atoms with Crippen molar-refractivity contribution in [3.63, 3.8) is 0 Å². The zero-order chi connectivity index (χ0) is 16.8. The predicted molar refractivity (Wildman–Crippen MR) is 94.7 cm³/mol. The van der Waals surface area contributed by atoms with Crippen molar-refractivity contribution in [1.82, 2.24) is 4.90 Å². The Bertz CT molecular complexity index is 666. The minimum atomic E-state index is -0.592. The molecule has 7 heteroatoms. The van der Waals surface area contributed by atoms with E-state index in [2.05, 4.69) is 11.0 Å². The Kier molecular flexibility index (Phi) is 3.92. The summed E-state index contributed by atoms with van der Waals surface area (Å²) in [5, 5.41) is 9.69. The number of thioether (sulfide) groups is 1. The SMILES string of the molecule is Cc1cc(N2CCSCC2)ccc1N1C(=O)[C@@H]2C[C@@H](O)CN2C1=O. The van der Waals surface area contributed by atoms with E-state index in [1.807, 2.05) is 30.8 Å². The third kappa shape index (κ3) is 2.46. The molecule has 0 aliphatic carbocycles. The molecule has 3 saturated heterocycles. The zero-order valence-corrected chi connectivity index (χ0v) is 14.5. The first kappa shape index (κ1) is 15.8. The van der Waals surface area contributed by atoms with Crippen molar-refractivity contribution >= 4 is 35.1 Å². The van der Waals surface area contributed by atoms with Crippen molar-refractivity contribution in [2.75, 3.05) is 40.9 Å². The average molecular weight is 347 g/mol. The molecule has 0 aromatic heterocycles. The highest BCUT2D eigenvalue weighted by Gasteiger charge is 2.51. The number of rotatable bonds is 2. The molecule has 6 nitrogen and oxygen atoms in total. The van der Waals surface area contributed by atoms with E-state index in [1.165, 1.54) is 9.80 Å². The fourth-order valence-electron chi connectivity index (χ4n) is 3.76. The van der Waals surface area contributed by atoms with E-state index in [4.69, 9.17) is 0 Å². The number of imide groups is 1. The lowest BCUT2D eigenvalue weighted by Gasteiger charge is -2.29. The van der Waals surface area contributed by atoms with Gasteiger partial charge in [0, 0.05) is 43.2 Å². The summed E-state index contributed by atoms with van der Waals surface area (Å²) < 4.78 is 0. The lowest BCUT2D eigenvalue weighted by atomic mass is 10.1. The molecule has 2 atom stereocenters. The molecule has 3 fully saturated rings. The number of anilines is 2. The second kappa shape index (κ2) is 5.97. The molecule has 0 unspecified atom stereocenters. The first-order chi connectivity index (χ1) is 11.6. The molecule has 3 aliphatic heterocycles. The maximum Gasteiger partial charge on any atom is 0.332 e. The average Bonchev–Trinajstić information content (AvgIpc) is 3.07. The zero-order valence-electron chi connectivity index (χ0n) is 13.6. The molecule has 0 bridgehead atoms. The fourth-order valence-corrected chi connectivity index (χ4v) is 4.66. The van der Waals surface area contributed by atoms with Crippen LogP contribution in [0.15, 0.2) is 18.2 Å². The van der Waals surface area contributed by atoms with E-state index in [1.54, 1.807) is 0 Å². The van der Waals surface area contributed by atoms with Gasteiger partial charge in [-0.2, -0.15) is 11.8 Å². The Morgan fingerprint density at radius 2 is 1.96 bits per heavy atom. The largest absolute Gasteiger partial charge is 0.391 e. The molecule has 0 radical (unpaired) electrons. The third-order valence-electron chi connectivity index (χ3n) is 5.02. The van der Waals surface area contributed by atoms with Gasteiger partial charge >= 0.3 is 6.03 Å². The second-order valence-corrected chi connectivity index (χ2v) is 7.81. The minimum absolute atomic E-state index is 0.221. The second-order valence-electron chi connectivity index (χ2n) is 6.58. The van der Waals surface area contributed by atoms with Crippen LogP contribution < -0.4 is 9.80 Å². The van der Waals surface area contributed by atoms with Crippen molar-refractivity contribution in [3.05, 3.63) is 23.8 Å². The van der Waals surface area contributed by atoms with Crippen molar-refractivity contribution in [3.8, 4) is 0 Å². The molecule has 0 saturated carbocycles. The van der Waals surface area contributed by atoms with Crippen molar-refractivity contribution in [2.24, 2.45) is 0 Å². The number of fused-ring (bicyclic) bond motifs is 1. The first-order valence-corrected chi connectivity index (χ1v) is 9.47. The van der Waals surface area contributed by atoms with Crippen molar-refractivity contribution in [2.45, 2.75) is 25.5 Å². The van der Waals surface area contributed by atoms with E-state index in [0.29, 0.717) is 12.1 Å². The van der Waals surface area contributed by atoms with Gasteiger partial charge in [0.15, 0.2) is 0 Å². The summed E-state index contributed by atoms with van der Waals surface area (Å²) in [5.74, 6) is 2.04. The maximum atomic E-state index is 12.6. The molecule has 3 heterocycles. The Labute approximate surface area is 145 Å². The Morgan fingerprint density at radius 3 is 2.62 bits per heavy atom. The standard InChI is InChI=1S/C17H21N3O3S/c1-11-8-12(18-4-6-24-7-5-18)2-3-14(11)20-16(22)15-9-13(21)10-19(15)17(20)23/h2-3,8,13,15,21H,4-7,9-10H2,1H3/t13-,15+/m1/s1. The van der Waals surface area contributed by atoms with Crippen LogP contribution >= 0.6 is 11.8 Å². The van der Waals surface area contributed by atoms with Gasteiger partial charge in [0.1, 0.15) is 6.04 Å². The van der Waals surface area contributed by atoms with Crippen LogP contribution in [-0.2, 0) is 4.79 Å². The van der Waals surface area contributed by atoms with E-state index in [-0.39, 0.29) is 18.5 Å². The Hall–Kier alpha value is -1.73. The van der Waals surface area contributed by atoms with Crippen LogP contribution in [0.2, 0.25) is 0 Å². The summed E-state index contributed by atoms with van der Waals surface area (Å²) in [4.78, 5) is 30.3. The Morgan fingerprint density at radius 1 is 1.21 bits per heavy atom. The minimum Gasteiger partial charge on any atom is -0.391 e. The van der Waals surface area contributed by atoms with E-state index >= 15 is 0 Å². The van der Waals surface area contributed by atoms with Crippen molar-refractivity contribution < 1.29 is 14.7 Å². The van der Waals surface area contributed by atoms with E-state index in [9.17, 15) is 14.7 Å². The Balaban J connectivity index is 1.60. The summed E-state index contributed by atoms with van der Waals surface area (Å²) in [7, 11) is 0. The summed E-state index contributed by atoms with van der Waals surface area (Å²) in [6.45, 7) is 4.24. The molecule has 1 aromatic rings. The monoisotopic (exact) mass is 347 g/mol. The highest BCUT2D eigenvalue weighted by atomic mass is 32.2. The van der Waals surface area contributed by atoms with Crippen LogP contribution in [0.4, 0.5) is 16.2 Å². The third-order valence-corrected chi connectivity index (χ3v) is 5.96. The van der Waals surface area contributed by atoms with Gasteiger partial charge in [-0.15, -0.1) is 0 Å². The number of carbonyl (C=O) groups is 2. The summed E-state index contributed by atoms with van der Waals surface area (Å²) >= 11 is 1.97. The maximum absolute atomic E-state index is 12.6. The quantitative estimate of drug-likeness (QED) is 0.821. The van der Waals surface area contributed by atoms with Gasteiger partial charge in [-0.05, 0) is 30.7 Å². The number of urea groups is 1. The van der Waals surface area contributed by atoms with Gasteiger partial charge in [-0.1, -0.05) is 0 Å². The lowest BCUT2D eigenvalue weighted by Crippen LogP contribution is -2.36. The molecule has 1 aromatic carbocycles. The molecule has 0 spiro atoms. The van der Waals surface area contributed by atoms with Gasteiger partial charge in [0.2, 0.25) is 0 Å². The van der Waals surface area contributed by atoms with Gasteiger partial charge in [0.05, 0.1) is 11.8 Å². The lowest BCUT2D eigenvalue weighted by molar-refractivity contribution is -0.119. The highest BCUT2D eigenvalue weighted by molar-refractivity contribution is 7.99. The summed E-state index contributed by atoms with van der Waals surface area (Å²) in [5.41, 5.74) is 2.73. The number of nitrogens with zero attached hydrogens (tertiary/aromatic N) is 3. The highest BCUT2D eigenvalue weighted by Crippen LogP contribution is 2.34. The summed E-state index contributed by atoms with van der Waals surface area (Å²) in [6.07, 6.45) is -0.255. The molecular formula is C17H21N3O3S. The van der Waals surface area contributed by atoms with Crippen LogP contribution in [0.1, 0.15) is 12.0 Å². The van der Waals surface area contributed by atoms with Gasteiger partial charge in [-0.25, -0.2) is 9.69 Å². The van der Waals surface area contributed by atoms with Crippen LogP contribution in [0.25, 0.3) is 0 Å². The molecule has 24 heavy (non-hydrogen) atoms.